The highest BCUT2D eigenvalue weighted by molar-refractivity contribution is 6.06. The van der Waals surface area contributed by atoms with Crippen LogP contribution in [0.15, 0.2) is 30.5 Å². The van der Waals surface area contributed by atoms with Crippen LogP contribution < -0.4 is 5.32 Å². The molecule has 0 spiro atoms. The third-order valence-electron chi connectivity index (χ3n) is 4.24. The predicted molar refractivity (Wildman–Crippen MR) is 85.3 cm³/mol. The number of carbonyl (C=O) groups is 1. The molecule has 1 unspecified atom stereocenters. The molecule has 0 aliphatic heterocycles. The van der Waals surface area contributed by atoms with E-state index in [4.69, 9.17) is 0 Å². The monoisotopic (exact) mass is 288 g/mol. The Labute approximate surface area is 125 Å². The molecule has 0 fully saturated rings. The van der Waals surface area contributed by atoms with Gasteiger partial charge in [-0.3, -0.25) is 4.79 Å². The zero-order valence-corrected chi connectivity index (χ0v) is 13.0. The van der Waals surface area contributed by atoms with Crippen LogP contribution in [0.25, 0.3) is 10.9 Å². The van der Waals surface area contributed by atoms with Crippen LogP contribution in [-0.4, -0.2) is 28.2 Å². The van der Waals surface area contributed by atoms with E-state index in [1.807, 2.05) is 42.1 Å². The van der Waals surface area contributed by atoms with Crippen molar-refractivity contribution < 1.29 is 9.90 Å². The van der Waals surface area contributed by atoms with Gasteiger partial charge in [0, 0.05) is 36.3 Å². The number of aryl methyl sites for hydroxylation is 1. The van der Waals surface area contributed by atoms with Gasteiger partial charge in [-0.1, -0.05) is 32.8 Å². The zero-order valence-electron chi connectivity index (χ0n) is 13.0. The Morgan fingerprint density at radius 3 is 2.67 bits per heavy atom. The van der Waals surface area contributed by atoms with Crippen molar-refractivity contribution in [2.24, 2.45) is 13.0 Å². The number of aromatic nitrogens is 1. The summed E-state index contributed by atoms with van der Waals surface area (Å²) >= 11 is 0. The number of amides is 1. The summed E-state index contributed by atoms with van der Waals surface area (Å²) in [7, 11) is 1.96. The molecule has 0 aliphatic carbocycles. The standard InChI is InChI=1S/C17H24N2O2/c1-4-12(5-2)16(20)11-18-17(21)14-7-6-8-15-13(14)9-10-19(15)3/h6-10,12,16,20H,4-5,11H2,1-3H3,(H,18,21). The normalized spacial score (nSPS) is 12.8. The molecule has 0 saturated carbocycles. The number of aliphatic hydroxyl groups is 1. The fraction of sp³-hybridized carbons (Fsp3) is 0.471. The average molecular weight is 288 g/mol. The van der Waals surface area contributed by atoms with Crippen molar-refractivity contribution in [1.82, 2.24) is 9.88 Å². The van der Waals surface area contributed by atoms with Crippen LogP contribution in [0.1, 0.15) is 37.0 Å². The lowest BCUT2D eigenvalue weighted by molar-refractivity contribution is 0.0818. The highest BCUT2D eigenvalue weighted by Gasteiger charge is 2.17. The Balaban J connectivity index is 2.09. The van der Waals surface area contributed by atoms with E-state index >= 15 is 0 Å². The smallest absolute Gasteiger partial charge is 0.252 e. The largest absolute Gasteiger partial charge is 0.391 e. The molecule has 1 amide bonds. The third kappa shape index (κ3) is 3.27. The minimum atomic E-state index is -0.487. The van der Waals surface area contributed by atoms with Gasteiger partial charge in [-0.25, -0.2) is 0 Å². The van der Waals surface area contributed by atoms with E-state index in [0.29, 0.717) is 12.1 Å². The lowest BCUT2D eigenvalue weighted by atomic mass is 9.96. The molecule has 1 aromatic carbocycles. The molecule has 2 aromatic rings. The van der Waals surface area contributed by atoms with E-state index in [0.717, 1.165) is 23.7 Å². The first kappa shape index (κ1) is 15.6. The van der Waals surface area contributed by atoms with Gasteiger partial charge in [0.05, 0.1) is 6.10 Å². The van der Waals surface area contributed by atoms with Crippen LogP contribution in [0.2, 0.25) is 0 Å². The van der Waals surface area contributed by atoms with Crippen molar-refractivity contribution in [2.75, 3.05) is 6.54 Å². The number of fused-ring (bicyclic) bond motifs is 1. The number of benzene rings is 1. The summed E-state index contributed by atoms with van der Waals surface area (Å²) < 4.78 is 1.99. The number of hydrogen-bond donors (Lipinski definition) is 2. The van der Waals surface area contributed by atoms with Gasteiger partial charge < -0.3 is 15.0 Å². The molecule has 0 aliphatic rings. The lowest BCUT2D eigenvalue weighted by Crippen LogP contribution is -2.36. The molecule has 0 radical (unpaired) electrons. The van der Waals surface area contributed by atoms with Gasteiger partial charge in [-0.05, 0) is 24.1 Å². The summed E-state index contributed by atoms with van der Waals surface area (Å²) in [5.41, 5.74) is 1.69. The van der Waals surface area contributed by atoms with Gasteiger partial charge in [0.1, 0.15) is 0 Å². The van der Waals surface area contributed by atoms with Gasteiger partial charge in [0.15, 0.2) is 0 Å². The second-order valence-corrected chi connectivity index (χ2v) is 5.52. The van der Waals surface area contributed by atoms with Crippen LogP contribution in [0.3, 0.4) is 0 Å². The Bertz CT molecular complexity index is 614. The molecular weight excluding hydrogens is 264 g/mol. The maximum atomic E-state index is 12.3. The van der Waals surface area contributed by atoms with Crippen molar-refractivity contribution in [2.45, 2.75) is 32.8 Å². The maximum absolute atomic E-state index is 12.3. The van der Waals surface area contributed by atoms with Crippen LogP contribution >= 0.6 is 0 Å². The topological polar surface area (TPSA) is 54.3 Å². The van der Waals surface area contributed by atoms with E-state index in [-0.39, 0.29) is 11.8 Å². The van der Waals surface area contributed by atoms with Crippen LogP contribution in [0.5, 0.6) is 0 Å². The molecule has 1 atom stereocenters. The molecule has 4 heteroatoms. The summed E-state index contributed by atoms with van der Waals surface area (Å²) in [6.07, 6.45) is 3.29. The minimum absolute atomic E-state index is 0.128. The summed E-state index contributed by atoms with van der Waals surface area (Å²) in [4.78, 5) is 12.3. The Morgan fingerprint density at radius 2 is 2.00 bits per heavy atom. The van der Waals surface area contributed by atoms with E-state index in [1.54, 1.807) is 0 Å². The second-order valence-electron chi connectivity index (χ2n) is 5.52. The molecule has 0 bridgehead atoms. The first-order chi connectivity index (χ1) is 10.1. The predicted octanol–water partition coefficient (Wildman–Crippen LogP) is 2.71. The Kier molecular flexibility index (Phi) is 5.02. The number of nitrogens with one attached hydrogen (secondary N) is 1. The Morgan fingerprint density at radius 1 is 1.29 bits per heavy atom. The number of hydrogen-bond acceptors (Lipinski definition) is 2. The molecule has 0 saturated heterocycles. The van der Waals surface area contributed by atoms with Gasteiger partial charge in [-0.15, -0.1) is 0 Å². The van der Waals surface area contributed by atoms with Crippen molar-refractivity contribution >= 4 is 16.8 Å². The number of carbonyl (C=O) groups excluding carboxylic acids is 1. The fourth-order valence-corrected chi connectivity index (χ4v) is 2.79. The second kappa shape index (κ2) is 6.76. The van der Waals surface area contributed by atoms with Crippen LogP contribution in [-0.2, 0) is 7.05 Å². The van der Waals surface area contributed by atoms with Gasteiger partial charge in [0.2, 0.25) is 0 Å². The first-order valence-corrected chi connectivity index (χ1v) is 7.58. The molecular formula is C17H24N2O2. The quantitative estimate of drug-likeness (QED) is 0.858. The van der Waals surface area contributed by atoms with Crippen LogP contribution in [0, 0.1) is 5.92 Å². The zero-order chi connectivity index (χ0) is 15.4. The number of aliphatic hydroxyl groups excluding tert-OH is 1. The molecule has 2 rings (SSSR count). The van der Waals surface area contributed by atoms with Crippen LogP contribution in [0.4, 0.5) is 0 Å². The highest BCUT2D eigenvalue weighted by atomic mass is 16.3. The van der Waals surface area contributed by atoms with E-state index in [2.05, 4.69) is 19.2 Å². The van der Waals surface area contributed by atoms with Crippen molar-refractivity contribution in [3.05, 3.63) is 36.0 Å². The highest BCUT2D eigenvalue weighted by Crippen LogP contribution is 2.19. The van der Waals surface area contributed by atoms with E-state index in [1.165, 1.54) is 0 Å². The summed E-state index contributed by atoms with van der Waals surface area (Å²) in [6, 6.07) is 7.64. The SMILES string of the molecule is CCC(CC)C(O)CNC(=O)c1cccc2c1ccn2C. The van der Waals surface area contributed by atoms with Gasteiger partial charge >= 0.3 is 0 Å². The van der Waals surface area contributed by atoms with Gasteiger partial charge in [-0.2, -0.15) is 0 Å². The Hall–Kier alpha value is -1.81. The van der Waals surface area contributed by atoms with Crippen molar-refractivity contribution in [3.8, 4) is 0 Å². The number of rotatable bonds is 6. The summed E-state index contributed by atoms with van der Waals surface area (Å²) in [6.45, 7) is 4.42. The summed E-state index contributed by atoms with van der Waals surface area (Å²) in [5, 5.41) is 13.9. The molecule has 21 heavy (non-hydrogen) atoms. The maximum Gasteiger partial charge on any atom is 0.252 e. The van der Waals surface area contributed by atoms with Crippen molar-refractivity contribution in [1.29, 1.82) is 0 Å². The average Bonchev–Trinajstić information content (AvgIpc) is 2.87. The van der Waals surface area contributed by atoms with E-state index in [9.17, 15) is 9.90 Å². The third-order valence-corrected chi connectivity index (χ3v) is 4.24. The summed E-state index contributed by atoms with van der Waals surface area (Å²) in [5.74, 6) is 0.106. The van der Waals surface area contributed by atoms with Gasteiger partial charge in [0.25, 0.3) is 5.91 Å². The van der Waals surface area contributed by atoms with Crippen molar-refractivity contribution in [3.63, 3.8) is 0 Å². The first-order valence-electron chi connectivity index (χ1n) is 7.58. The fourth-order valence-electron chi connectivity index (χ4n) is 2.79. The molecule has 114 valence electrons. The number of nitrogens with zero attached hydrogens (tertiary/aromatic N) is 1. The lowest BCUT2D eigenvalue weighted by Gasteiger charge is -2.20. The minimum Gasteiger partial charge on any atom is -0.391 e. The molecule has 2 N–H and O–H groups in total. The van der Waals surface area contributed by atoms with E-state index < -0.39 is 6.10 Å². The molecule has 1 heterocycles. The molecule has 4 nitrogen and oxygen atoms in total. The molecule has 1 aromatic heterocycles.